The maximum Gasteiger partial charge on any atom is 0.216 e. The summed E-state index contributed by atoms with van der Waals surface area (Å²) in [6.45, 7) is 15.4. The van der Waals surface area contributed by atoms with Gasteiger partial charge in [-0.15, -0.1) is 0 Å². The van der Waals surface area contributed by atoms with Crippen LogP contribution in [0.25, 0.3) is 0 Å². The maximum absolute atomic E-state index is 11.3. The Morgan fingerprint density at radius 3 is 1.82 bits per heavy atom. The lowest BCUT2D eigenvalue weighted by Gasteiger charge is -2.44. The summed E-state index contributed by atoms with van der Waals surface area (Å²) < 4.78 is 25.1. The molecule has 0 aromatic heterocycles. The molecule has 0 spiro atoms. The standard InChI is InChI=1S/C16H34N2O3S/c1-13(19)17-12-16(7,14(2,3)4)10-9-15(5,6)11-18-22(8,20)21/h18H,9-12H2,1-8H3,(H,17,19). The van der Waals surface area contributed by atoms with Crippen molar-refractivity contribution in [3.05, 3.63) is 0 Å². The second kappa shape index (κ2) is 7.30. The molecule has 1 unspecified atom stereocenters. The first kappa shape index (κ1) is 21.4. The molecule has 1 amide bonds. The molecule has 2 N–H and O–H groups in total. The third kappa shape index (κ3) is 8.13. The smallest absolute Gasteiger partial charge is 0.216 e. The van der Waals surface area contributed by atoms with Crippen LogP contribution in [0.2, 0.25) is 0 Å². The molecule has 0 aliphatic heterocycles. The van der Waals surface area contributed by atoms with Crippen molar-refractivity contribution in [3.63, 3.8) is 0 Å². The average molecular weight is 335 g/mol. The first-order valence-corrected chi connectivity index (χ1v) is 9.66. The summed E-state index contributed by atoms with van der Waals surface area (Å²) in [7, 11) is -3.17. The van der Waals surface area contributed by atoms with Gasteiger partial charge in [-0.25, -0.2) is 13.1 Å². The molecule has 0 aromatic rings. The van der Waals surface area contributed by atoms with Gasteiger partial charge in [0.15, 0.2) is 0 Å². The lowest BCUT2D eigenvalue weighted by Crippen LogP contribution is -2.44. The van der Waals surface area contributed by atoms with E-state index in [-0.39, 0.29) is 22.2 Å². The van der Waals surface area contributed by atoms with E-state index in [2.05, 4.69) is 51.6 Å². The molecular weight excluding hydrogens is 300 g/mol. The first-order chi connectivity index (χ1) is 9.58. The third-order valence-electron chi connectivity index (χ3n) is 4.70. The van der Waals surface area contributed by atoms with E-state index < -0.39 is 10.0 Å². The minimum Gasteiger partial charge on any atom is -0.356 e. The lowest BCUT2D eigenvalue weighted by molar-refractivity contribution is -0.119. The molecule has 0 aliphatic carbocycles. The summed E-state index contributed by atoms with van der Waals surface area (Å²) in [5, 5.41) is 2.93. The molecular formula is C16H34N2O3S. The highest BCUT2D eigenvalue weighted by Crippen LogP contribution is 2.43. The summed E-state index contributed by atoms with van der Waals surface area (Å²) in [5.41, 5.74) is -0.150. The molecule has 0 bridgehead atoms. The zero-order chi connectivity index (χ0) is 17.8. The van der Waals surface area contributed by atoms with Crippen molar-refractivity contribution in [1.29, 1.82) is 0 Å². The van der Waals surface area contributed by atoms with E-state index >= 15 is 0 Å². The number of amides is 1. The number of carbonyl (C=O) groups is 1. The van der Waals surface area contributed by atoms with Gasteiger partial charge in [0, 0.05) is 20.0 Å². The zero-order valence-electron chi connectivity index (χ0n) is 15.5. The van der Waals surface area contributed by atoms with Crippen LogP contribution in [-0.4, -0.2) is 33.7 Å². The highest BCUT2D eigenvalue weighted by atomic mass is 32.2. The van der Waals surface area contributed by atoms with Crippen molar-refractivity contribution in [2.75, 3.05) is 19.3 Å². The van der Waals surface area contributed by atoms with E-state index in [9.17, 15) is 13.2 Å². The molecule has 0 saturated carbocycles. The minimum absolute atomic E-state index is 0.0199. The first-order valence-electron chi connectivity index (χ1n) is 7.77. The van der Waals surface area contributed by atoms with E-state index in [1.807, 2.05) is 0 Å². The van der Waals surface area contributed by atoms with Gasteiger partial charge in [-0.1, -0.05) is 41.5 Å². The van der Waals surface area contributed by atoms with Crippen molar-refractivity contribution in [2.24, 2.45) is 16.2 Å². The molecule has 132 valence electrons. The predicted molar refractivity (Wildman–Crippen MR) is 92.1 cm³/mol. The SMILES string of the molecule is CC(=O)NCC(C)(CCC(C)(C)CNS(C)(=O)=O)C(C)(C)C. The summed E-state index contributed by atoms with van der Waals surface area (Å²) in [4.78, 5) is 11.2. The molecule has 5 nitrogen and oxygen atoms in total. The highest BCUT2D eigenvalue weighted by Gasteiger charge is 2.38. The van der Waals surface area contributed by atoms with Gasteiger partial charge in [-0.3, -0.25) is 4.79 Å². The van der Waals surface area contributed by atoms with Crippen LogP contribution < -0.4 is 10.0 Å². The fourth-order valence-electron chi connectivity index (χ4n) is 2.08. The fraction of sp³-hybridized carbons (Fsp3) is 0.938. The largest absolute Gasteiger partial charge is 0.356 e. The van der Waals surface area contributed by atoms with Gasteiger partial charge in [0.1, 0.15) is 0 Å². The number of hydrogen-bond acceptors (Lipinski definition) is 3. The zero-order valence-corrected chi connectivity index (χ0v) is 16.3. The molecule has 0 fully saturated rings. The highest BCUT2D eigenvalue weighted by molar-refractivity contribution is 7.88. The van der Waals surface area contributed by atoms with Crippen LogP contribution >= 0.6 is 0 Å². The Balaban J connectivity index is 4.85. The van der Waals surface area contributed by atoms with Gasteiger partial charge in [-0.2, -0.15) is 0 Å². The monoisotopic (exact) mass is 334 g/mol. The molecule has 0 aliphatic rings. The Morgan fingerprint density at radius 1 is 0.955 bits per heavy atom. The van der Waals surface area contributed by atoms with Gasteiger partial charge in [0.25, 0.3) is 0 Å². The second-order valence-electron chi connectivity index (χ2n) is 8.48. The van der Waals surface area contributed by atoms with E-state index in [4.69, 9.17) is 0 Å². The number of hydrogen-bond donors (Lipinski definition) is 2. The minimum atomic E-state index is -3.17. The van der Waals surface area contributed by atoms with E-state index in [0.29, 0.717) is 13.1 Å². The second-order valence-corrected chi connectivity index (χ2v) is 10.3. The predicted octanol–water partition coefficient (Wildman–Crippen LogP) is 2.53. The van der Waals surface area contributed by atoms with Crippen LogP contribution in [0.5, 0.6) is 0 Å². The number of nitrogens with one attached hydrogen (secondary N) is 2. The Bertz CT molecular complexity index is 478. The molecule has 0 rings (SSSR count). The summed E-state index contributed by atoms with van der Waals surface area (Å²) in [6.07, 6.45) is 2.97. The Labute approximate surface area is 136 Å². The number of rotatable bonds is 8. The Kier molecular flexibility index (Phi) is 7.09. The van der Waals surface area contributed by atoms with Crippen molar-refractivity contribution in [1.82, 2.24) is 10.0 Å². The summed E-state index contributed by atoms with van der Waals surface area (Å²) >= 11 is 0. The number of carbonyl (C=O) groups excluding carboxylic acids is 1. The van der Waals surface area contributed by atoms with Gasteiger partial charge in [-0.05, 0) is 29.1 Å². The fourth-order valence-corrected chi connectivity index (χ4v) is 2.73. The van der Waals surface area contributed by atoms with Gasteiger partial charge < -0.3 is 5.32 Å². The maximum atomic E-state index is 11.3. The van der Waals surface area contributed by atoms with Crippen LogP contribution in [-0.2, 0) is 14.8 Å². The Morgan fingerprint density at radius 2 is 1.45 bits per heavy atom. The molecule has 0 heterocycles. The van der Waals surface area contributed by atoms with Crippen LogP contribution in [0.3, 0.4) is 0 Å². The summed E-state index contributed by atoms with van der Waals surface area (Å²) in [6, 6.07) is 0. The molecule has 0 radical (unpaired) electrons. The molecule has 22 heavy (non-hydrogen) atoms. The van der Waals surface area contributed by atoms with Gasteiger partial charge in [0.2, 0.25) is 15.9 Å². The normalized spacial score (nSPS) is 16.2. The number of sulfonamides is 1. The van der Waals surface area contributed by atoms with E-state index in [1.165, 1.54) is 13.2 Å². The van der Waals surface area contributed by atoms with Crippen LogP contribution in [0, 0.1) is 16.2 Å². The Hall–Kier alpha value is -0.620. The van der Waals surface area contributed by atoms with Crippen LogP contribution in [0.1, 0.15) is 61.3 Å². The molecule has 0 saturated heterocycles. The molecule has 1 atom stereocenters. The molecule has 6 heteroatoms. The summed E-state index contributed by atoms with van der Waals surface area (Å²) in [5.74, 6) is -0.0199. The van der Waals surface area contributed by atoms with Crippen molar-refractivity contribution in [2.45, 2.75) is 61.3 Å². The van der Waals surface area contributed by atoms with Crippen molar-refractivity contribution >= 4 is 15.9 Å². The van der Waals surface area contributed by atoms with Crippen LogP contribution in [0.4, 0.5) is 0 Å². The van der Waals surface area contributed by atoms with Crippen molar-refractivity contribution < 1.29 is 13.2 Å². The average Bonchev–Trinajstić information content (AvgIpc) is 2.29. The topological polar surface area (TPSA) is 75.3 Å². The van der Waals surface area contributed by atoms with Gasteiger partial charge in [0.05, 0.1) is 6.26 Å². The van der Waals surface area contributed by atoms with E-state index in [0.717, 1.165) is 12.8 Å². The lowest BCUT2D eigenvalue weighted by atomic mass is 9.63. The quantitative estimate of drug-likeness (QED) is 0.716. The van der Waals surface area contributed by atoms with Crippen molar-refractivity contribution in [3.8, 4) is 0 Å². The van der Waals surface area contributed by atoms with Gasteiger partial charge >= 0.3 is 0 Å². The van der Waals surface area contributed by atoms with Crippen LogP contribution in [0.15, 0.2) is 0 Å². The molecule has 0 aromatic carbocycles. The third-order valence-corrected chi connectivity index (χ3v) is 5.37. The van der Waals surface area contributed by atoms with E-state index in [1.54, 1.807) is 0 Å².